The molecule has 14 nitrogen and oxygen atoms in total. The average molecular weight is 940 g/mol. The maximum Gasteiger partial charge on any atom is 0.328 e. The number of imide groups is 1. The zero-order valence-corrected chi connectivity index (χ0v) is 39.1. The Hall–Kier alpha value is -6.88. The molecule has 16 heteroatoms. The van der Waals surface area contributed by atoms with E-state index in [0.29, 0.717) is 58.9 Å². The molecule has 0 spiro atoms. The van der Waals surface area contributed by atoms with Crippen LogP contribution < -0.4 is 20.3 Å². The highest BCUT2D eigenvalue weighted by molar-refractivity contribution is 6.07. The minimum Gasteiger partial charge on any atom is -0.495 e. The molecule has 358 valence electrons. The first-order chi connectivity index (χ1) is 33.1. The average Bonchev–Trinajstić information content (AvgIpc) is 3.78. The van der Waals surface area contributed by atoms with Crippen molar-refractivity contribution in [3.63, 3.8) is 0 Å². The van der Waals surface area contributed by atoms with E-state index in [9.17, 15) is 24.3 Å². The summed E-state index contributed by atoms with van der Waals surface area (Å²) in [6.07, 6.45) is 7.78. The molecule has 3 saturated heterocycles. The lowest BCUT2D eigenvalue weighted by atomic mass is 9.96. The van der Waals surface area contributed by atoms with Gasteiger partial charge in [-0.05, 0) is 123 Å². The quantitative estimate of drug-likeness (QED) is 0.111. The third-order valence-electron chi connectivity index (χ3n) is 13.6. The molecule has 0 bridgehead atoms. The molecule has 4 aromatic carbocycles. The number of aromatic nitrogens is 2. The number of hydrogen-bond acceptors (Lipinski definition) is 10. The molecule has 69 heavy (non-hydrogen) atoms. The van der Waals surface area contributed by atoms with E-state index in [-0.39, 0.29) is 48.2 Å². The van der Waals surface area contributed by atoms with E-state index in [1.165, 1.54) is 62.0 Å². The van der Waals surface area contributed by atoms with Crippen LogP contribution >= 0.6 is 0 Å². The van der Waals surface area contributed by atoms with Gasteiger partial charge in [-0.15, -0.1) is 0 Å². The molecule has 9 rings (SSSR count). The van der Waals surface area contributed by atoms with Crippen LogP contribution in [0, 0.1) is 18.6 Å². The number of anilines is 2. The van der Waals surface area contributed by atoms with Crippen LogP contribution in [0.25, 0.3) is 22.9 Å². The number of halogens is 2. The highest BCUT2D eigenvalue weighted by Gasteiger charge is 2.31. The van der Waals surface area contributed by atoms with Gasteiger partial charge in [-0.2, -0.15) is 0 Å². The van der Waals surface area contributed by atoms with Crippen molar-refractivity contribution in [2.75, 3.05) is 50.1 Å². The highest BCUT2D eigenvalue weighted by Crippen LogP contribution is 2.39. The first kappa shape index (κ1) is 47.2. The van der Waals surface area contributed by atoms with Crippen LogP contribution in [0.3, 0.4) is 0 Å². The predicted octanol–water partition coefficient (Wildman–Crippen LogP) is 8.05. The zero-order valence-electron chi connectivity index (χ0n) is 39.1. The molecule has 3 N–H and O–H groups in total. The number of nitrogens with one attached hydrogen (secondary N) is 2. The summed E-state index contributed by atoms with van der Waals surface area (Å²) in [4.78, 5) is 65.9. The van der Waals surface area contributed by atoms with E-state index in [1.807, 2.05) is 11.0 Å². The molecule has 4 aliphatic rings. The largest absolute Gasteiger partial charge is 0.495 e. The van der Waals surface area contributed by atoms with Gasteiger partial charge in [0.25, 0.3) is 11.8 Å². The van der Waals surface area contributed by atoms with Gasteiger partial charge < -0.3 is 24.8 Å². The van der Waals surface area contributed by atoms with Crippen LogP contribution in [-0.2, 0) is 28.1 Å². The summed E-state index contributed by atoms with van der Waals surface area (Å²) in [5, 5.41) is 15.3. The van der Waals surface area contributed by atoms with E-state index in [4.69, 9.17) is 9.47 Å². The van der Waals surface area contributed by atoms with Crippen LogP contribution in [0.5, 0.6) is 5.75 Å². The monoisotopic (exact) mass is 939 g/mol. The van der Waals surface area contributed by atoms with Gasteiger partial charge in [-0.3, -0.25) is 29.5 Å². The second-order valence-corrected chi connectivity index (χ2v) is 18.7. The molecule has 3 fully saturated rings. The van der Waals surface area contributed by atoms with Crippen molar-refractivity contribution < 1.29 is 42.5 Å². The summed E-state index contributed by atoms with van der Waals surface area (Å²) in [7, 11) is 1.50. The number of methoxy groups -OCH3 is 1. The fraction of sp³-hybridized carbons (Fsp3) is 0.358. The predicted molar refractivity (Wildman–Crippen MR) is 257 cm³/mol. The SMILES string of the molecule is COc1ccc(C(=O)N2CCC(OC3CCN(Cc4ccc(C5=Cc6c(ncnc6-c6cc(F)cc(NC(=O)c7ccc(C(C)(C)O)cc7F)c6C)C5)cc4)CC3)CC2)cc1N1CCC(=O)NC1=O. The molecule has 0 atom stereocenters. The van der Waals surface area contributed by atoms with Crippen LogP contribution in [-0.4, -0.2) is 101 Å². The van der Waals surface area contributed by atoms with Crippen LogP contribution in [0.4, 0.5) is 25.0 Å². The Labute approximate surface area is 399 Å². The summed E-state index contributed by atoms with van der Waals surface area (Å²) in [5.74, 6) is -2.14. The van der Waals surface area contributed by atoms with Gasteiger partial charge >= 0.3 is 6.03 Å². The fourth-order valence-electron chi connectivity index (χ4n) is 9.62. The van der Waals surface area contributed by atoms with E-state index < -0.39 is 29.2 Å². The fourth-order valence-corrected chi connectivity index (χ4v) is 9.62. The zero-order chi connectivity index (χ0) is 48.6. The Balaban J connectivity index is 0.768. The number of carbonyl (C=O) groups is 4. The summed E-state index contributed by atoms with van der Waals surface area (Å²) >= 11 is 0. The van der Waals surface area contributed by atoms with Crippen molar-refractivity contribution in [2.45, 2.75) is 83.6 Å². The number of allylic oxidation sites excluding steroid dienone is 1. The smallest absolute Gasteiger partial charge is 0.328 e. The Morgan fingerprint density at radius 1 is 0.899 bits per heavy atom. The Morgan fingerprint density at radius 2 is 1.62 bits per heavy atom. The summed E-state index contributed by atoms with van der Waals surface area (Å²) in [6.45, 7) is 8.78. The Kier molecular flexibility index (Phi) is 13.4. The van der Waals surface area contributed by atoms with Gasteiger partial charge in [0.2, 0.25) is 5.91 Å². The van der Waals surface area contributed by atoms with E-state index in [2.05, 4.69) is 49.8 Å². The van der Waals surface area contributed by atoms with Crippen molar-refractivity contribution >= 4 is 46.8 Å². The van der Waals surface area contributed by atoms with Gasteiger partial charge in [0.05, 0.1) is 47.6 Å². The van der Waals surface area contributed by atoms with Crippen LogP contribution in [0.2, 0.25) is 0 Å². The van der Waals surface area contributed by atoms with Crippen LogP contribution in [0.15, 0.2) is 79.1 Å². The first-order valence-electron chi connectivity index (χ1n) is 23.4. The second kappa shape index (κ2) is 19.6. The maximum absolute atomic E-state index is 15.2. The summed E-state index contributed by atoms with van der Waals surface area (Å²) in [6, 6.07) is 19.5. The molecule has 0 saturated carbocycles. The van der Waals surface area contributed by atoms with Crippen molar-refractivity contribution in [3.8, 4) is 17.0 Å². The third-order valence-corrected chi connectivity index (χ3v) is 13.6. The molecule has 0 radical (unpaired) electrons. The molecule has 3 aliphatic heterocycles. The summed E-state index contributed by atoms with van der Waals surface area (Å²) in [5.41, 5.74) is 6.33. The number of likely N-dealkylation sites (tertiary alicyclic amines) is 2. The second-order valence-electron chi connectivity index (χ2n) is 18.7. The highest BCUT2D eigenvalue weighted by atomic mass is 19.1. The van der Waals surface area contributed by atoms with Crippen molar-refractivity contribution in [1.29, 1.82) is 0 Å². The van der Waals surface area contributed by atoms with E-state index >= 15 is 8.78 Å². The van der Waals surface area contributed by atoms with Crippen molar-refractivity contribution in [3.05, 3.63) is 135 Å². The normalized spacial score (nSPS) is 17.1. The molecule has 1 aliphatic carbocycles. The third kappa shape index (κ3) is 10.3. The number of carbonyl (C=O) groups excluding carboxylic acids is 4. The number of amides is 5. The number of rotatable bonds is 12. The number of aliphatic hydroxyl groups is 1. The molecule has 4 heterocycles. The van der Waals surface area contributed by atoms with Crippen LogP contribution in [0.1, 0.15) is 100 Å². The lowest BCUT2D eigenvalue weighted by Gasteiger charge is -2.37. The standard InChI is InChI=1S/C53H55F2N7O7/c1-31-41(27-37(54)28-44(31)58-50(64)40-11-10-36(26-43(40)55)53(2,3)67)49-42-23-35(24-45(42)56-30-57-49)33-7-5-32(6-8-33)29-60-18-13-38(14-19-60)69-39-15-20-61(21-16-39)51(65)34-9-12-47(68-4)46(25-34)62-22-17-48(63)59-52(62)66/h5-12,23,25-28,30,38-39,67H,13-22,24,29H2,1-4H3,(H,58,64)(H,59,63,66). The van der Waals surface area contributed by atoms with E-state index in [0.717, 1.165) is 73.8 Å². The number of benzene rings is 4. The summed E-state index contributed by atoms with van der Waals surface area (Å²) < 4.78 is 42.3. The van der Waals surface area contributed by atoms with Gasteiger partial charge in [-0.1, -0.05) is 30.3 Å². The maximum atomic E-state index is 15.2. The van der Waals surface area contributed by atoms with E-state index in [1.54, 1.807) is 25.1 Å². The molecule has 5 aromatic rings. The number of fused-ring (bicyclic) bond motifs is 1. The van der Waals surface area contributed by atoms with Crippen molar-refractivity contribution in [1.82, 2.24) is 25.1 Å². The van der Waals surface area contributed by atoms with Gasteiger partial charge in [-0.25, -0.2) is 23.5 Å². The molecular formula is C53H55F2N7O7. The lowest BCUT2D eigenvalue weighted by Crippen LogP contribution is -2.49. The lowest BCUT2D eigenvalue weighted by molar-refractivity contribution is -0.120. The number of nitrogens with zero attached hydrogens (tertiary/aromatic N) is 5. The number of hydrogen-bond donors (Lipinski definition) is 3. The Morgan fingerprint density at radius 3 is 2.30 bits per heavy atom. The Bertz CT molecular complexity index is 2850. The molecule has 1 aromatic heterocycles. The number of ether oxygens (including phenoxy) is 2. The number of piperidine rings is 2. The van der Waals surface area contributed by atoms with Gasteiger partial charge in [0, 0.05) is 74.5 Å². The number of urea groups is 1. The van der Waals surface area contributed by atoms with Gasteiger partial charge in [0.15, 0.2) is 0 Å². The van der Waals surface area contributed by atoms with Gasteiger partial charge in [0.1, 0.15) is 23.7 Å². The topological polar surface area (TPSA) is 167 Å². The minimum atomic E-state index is -1.29. The molecule has 5 amide bonds. The molecule has 0 unspecified atom stereocenters. The molecular weight excluding hydrogens is 885 g/mol. The van der Waals surface area contributed by atoms with Crippen molar-refractivity contribution in [2.24, 2.45) is 0 Å². The first-order valence-corrected chi connectivity index (χ1v) is 23.4. The minimum absolute atomic E-state index is 0.0727.